The third kappa shape index (κ3) is 7.77. The number of amides is 2. The number of alkyl halides is 1. The summed E-state index contributed by atoms with van der Waals surface area (Å²) in [7, 11) is 0. The maximum atomic E-state index is 15.1. The first-order chi connectivity index (χ1) is 21.6. The Bertz CT molecular complexity index is 1560. The van der Waals surface area contributed by atoms with Crippen LogP contribution in [0.4, 0.5) is 4.39 Å². The van der Waals surface area contributed by atoms with Gasteiger partial charge in [-0.3, -0.25) is 14.6 Å². The highest BCUT2D eigenvalue weighted by molar-refractivity contribution is 6.48. The van der Waals surface area contributed by atoms with Crippen LogP contribution in [0.1, 0.15) is 107 Å². The monoisotopic (exact) mass is 669 g/mol. The normalized spacial score (nSPS) is 23.0. The summed E-state index contributed by atoms with van der Waals surface area (Å²) in [6.45, 7) is 9.95. The Labute approximate surface area is 279 Å². The zero-order valence-corrected chi connectivity index (χ0v) is 28.6. The van der Waals surface area contributed by atoms with Gasteiger partial charge in [0.25, 0.3) is 11.8 Å². The Morgan fingerprint density at radius 3 is 2.43 bits per heavy atom. The van der Waals surface area contributed by atoms with Crippen LogP contribution in [0.5, 0.6) is 0 Å². The number of allylic oxidation sites excluding steroid dienone is 5. The summed E-state index contributed by atoms with van der Waals surface area (Å²) in [5.74, 6) is -0.194. The predicted molar refractivity (Wildman–Crippen MR) is 178 cm³/mol. The molecule has 12 heteroatoms. The number of halogens is 3. The smallest absolute Gasteiger partial charge is 0.275 e. The summed E-state index contributed by atoms with van der Waals surface area (Å²) >= 11 is 12.8. The summed E-state index contributed by atoms with van der Waals surface area (Å²) in [5, 5.41) is 17.4. The Morgan fingerprint density at radius 1 is 1.13 bits per heavy atom. The van der Waals surface area contributed by atoms with E-state index in [4.69, 9.17) is 28.2 Å². The Morgan fingerprint density at radius 2 is 1.83 bits per heavy atom. The standard InChI is InChI=1S/C34H42Cl2FN7O2/c1-32(2,3)15-14-27(21-6-8-22(9-7-21)30(45)38-20-28-40-42-43-41-28)44-31(46)29(23-10-11-25(35)19-26(36)18-23)39-34(44)16-12-24(13-17-34)33(4,5)37/h6-10,18-19,24,27H,11-17,20H2,1-5H3,(H,38,45)(H,40,41,42,43). The van der Waals surface area contributed by atoms with Gasteiger partial charge in [0.2, 0.25) is 0 Å². The molecule has 1 unspecified atom stereocenters. The van der Waals surface area contributed by atoms with Crippen molar-refractivity contribution >= 4 is 40.7 Å². The second-order valence-electron chi connectivity index (χ2n) is 14.2. The first kappa shape index (κ1) is 34.0. The van der Waals surface area contributed by atoms with Crippen molar-refractivity contribution in [2.75, 3.05) is 0 Å². The second-order valence-corrected chi connectivity index (χ2v) is 15.1. The van der Waals surface area contributed by atoms with E-state index in [0.29, 0.717) is 71.3 Å². The van der Waals surface area contributed by atoms with Crippen molar-refractivity contribution in [1.82, 2.24) is 30.8 Å². The molecule has 1 aromatic carbocycles. The molecule has 0 saturated heterocycles. The molecule has 2 amide bonds. The molecule has 5 rings (SSSR count). The summed E-state index contributed by atoms with van der Waals surface area (Å²) in [6, 6.07) is 7.04. The van der Waals surface area contributed by atoms with E-state index < -0.39 is 11.3 Å². The van der Waals surface area contributed by atoms with E-state index in [1.807, 2.05) is 23.1 Å². The zero-order chi connectivity index (χ0) is 33.3. The number of carbonyl (C=O) groups excluding carboxylic acids is 2. The molecule has 2 aromatic rings. The van der Waals surface area contributed by atoms with Crippen molar-refractivity contribution in [3.8, 4) is 0 Å². The number of aromatic amines is 1. The summed E-state index contributed by atoms with van der Waals surface area (Å²) in [6.07, 6.45) is 9.59. The van der Waals surface area contributed by atoms with E-state index in [-0.39, 0.29) is 35.7 Å². The van der Waals surface area contributed by atoms with E-state index in [9.17, 15) is 9.59 Å². The fourth-order valence-electron chi connectivity index (χ4n) is 6.57. The van der Waals surface area contributed by atoms with E-state index in [0.717, 1.165) is 12.0 Å². The molecule has 246 valence electrons. The molecule has 2 N–H and O–H groups in total. The first-order valence-corrected chi connectivity index (χ1v) is 16.6. The molecule has 3 aliphatic rings. The van der Waals surface area contributed by atoms with Crippen LogP contribution in [0, 0.1) is 11.3 Å². The number of nitrogens with zero attached hydrogens (tertiary/aromatic N) is 5. The van der Waals surface area contributed by atoms with E-state index in [2.05, 4.69) is 46.7 Å². The Hall–Kier alpha value is -3.37. The fourth-order valence-corrected chi connectivity index (χ4v) is 7.07. The van der Waals surface area contributed by atoms with Crippen molar-refractivity contribution in [1.29, 1.82) is 0 Å². The molecule has 1 spiro atoms. The molecule has 1 fully saturated rings. The SMILES string of the molecule is CC(C)(C)CCC(c1ccc(C(=O)NCc2nn[nH]n2)cc1)N1C(=O)C(C2=CCC(Cl)=CC(Cl)=C2)=NC12CCC(C(C)(C)F)CC2. The predicted octanol–water partition coefficient (Wildman–Crippen LogP) is 7.49. The van der Waals surface area contributed by atoms with Crippen molar-refractivity contribution in [3.05, 3.63) is 75.1 Å². The molecule has 9 nitrogen and oxygen atoms in total. The number of aliphatic imine (C=N–C) groups is 1. The van der Waals surface area contributed by atoms with Gasteiger partial charge < -0.3 is 10.2 Å². The van der Waals surface area contributed by atoms with Crippen molar-refractivity contribution < 1.29 is 14.0 Å². The van der Waals surface area contributed by atoms with Crippen LogP contribution < -0.4 is 5.32 Å². The number of H-pyrrole nitrogens is 1. The Kier molecular flexibility index (Phi) is 9.89. The molecule has 46 heavy (non-hydrogen) atoms. The molecule has 1 aliphatic heterocycles. The lowest BCUT2D eigenvalue weighted by Crippen LogP contribution is -2.52. The van der Waals surface area contributed by atoms with E-state index in [1.165, 1.54) is 0 Å². The molecule has 2 aliphatic carbocycles. The summed E-state index contributed by atoms with van der Waals surface area (Å²) < 4.78 is 15.1. The van der Waals surface area contributed by atoms with Crippen LogP contribution in [-0.4, -0.2) is 54.4 Å². The minimum Gasteiger partial charge on any atom is -0.345 e. The van der Waals surface area contributed by atoms with Gasteiger partial charge in [-0.05, 0) is 93.6 Å². The Balaban J connectivity index is 1.50. The number of aromatic nitrogens is 4. The third-order valence-corrected chi connectivity index (χ3v) is 9.64. The number of hydrogen-bond acceptors (Lipinski definition) is 6. The van der Waals surface area contributed by atoms with Crippen molar-refractivity contribution in [2.24, 2.45) is 16.3 Å². The lowest BCUT2D eigenvalue weighted by molar-refractivity contribution is -0.134. The van der Waals surface area contributed by atoms with Gasteiger partial charge in [0, 0.05) is 27.6 Å². The average Bonchev–Trinajstić information content (AvgIpc) is 3.55. The van der Waals surface area contributed by atoms with Gasteiger partial charge >= 0.3 is 0 Å². The third-order valence-electron chi connectivity index (χ3n) is 9.16. The quantitative estimate of drug-likeness (QED) is 0.287. The minimum atomic E-state index is -1.32. The highest BCUT2D eigenvalue weighted by Crippen LogP contribution is 2.49. The number of tetrazole rings is 1. The molecule has 1 aromatic heterocycles. The van der Waals surface area contributed by atoms with Crippen LogP contribution >= 0.6 is 23.2 Å². The van der Waals surface area contributed by atoms with Crippen LogP contribution in [0.2, 0.25) is 0 Å². The first-order valence-electron chi connectivity index (χ1n) is 15.8. The summed E-state index contributed by atoms with van der Waals surface area (Å²) in [5.41, 5.74) is 0.223. The van der Waals surface area contributed by atoms with Crippen LogP contribution in [0.25, 0.3) is 0 Å². The topological polar surface area (TPSA) is 116 Å². The lowest BCUT2D eigenvalue weighted by atomic mass is 9.74. The van der Waals surface area contributed by atoms with E-state index in [1.54, 1.807) is 38.1 Å². The number of carbonyl (C=O) groups is 2. The lowest BCUT2D eigenvalue weighted by Gasteiger charge is -2.47. The van der Waals surface area contributed by atoms with Gasteiger partial charge in [-0.15, -0.1) is 10.2 Å². The van der Waals surface area contributed by atoms with Crippen LogP contribution in [0.3, 0.4) is 0 Å². The number of rotatable bonds is 9. The second kappa shape index (κ2) is 13.4. The van der Waals surface area contributed by atoms with Crippen molar-refractivity contribution in [3.63, 3.8) is 0 Å². The van der Waals surface area contributed by atoms with Crippen molar-refractivity contribution in [2.45, 2.75) is 103 Å². The maximum Gasteiger partial charge on any atom is 0.275 e. The van der Waals surface area contributed by atoms with Gasteiger partial charge in [0.05, 0.1) is 12.6 Å². The minimum absolute atomic E-state index is 0.00522. The highest BCUT2D eigenvalue weighted by atomic mass is 35.5. The number of benzene rings is 1. The van der Waals surface area contributed by atoms with Gasteiger partial charge in [-0.1, -0.05) is 67.4 Å². The highest BCUT2D eigenvalue weighted by Gasteiger charge is 2.53. The zero-order valence-electron chi connectivity index (χ0n) is 27.0. The van der Waals surface area contributed by atoms with Gasteiger partial charge in [-0.25, -0.2) is 4.39 Å². The molecule has 0 radical (unpaired) electrons. The fraction of sp³-hybridized carbons (Fsp3) is 0.529. The average molecular weight is 671 g/mol. The van der Waals surface area contributed by atoms with Crippen LogP contribution in [0.15, 0.2) is 63.1 Å². The molecule has 2 heterocycles. The largest absolute Gasteiger partial charge is 0.345 e. The number of nitrogens with one attached hydrogen (secondary N) is 2. The molecular formula is C34H42Cl2FN7O2. The molecule has 0 bridgehead atoms. The van der Waals surface area contributed by atoms with Gasteiger partial charge in [0.1, 0.15) is 17.0 Å². The molecule has 1 saturated carbocycles. The molecule has 1 atom stereocenters. The maximum absolute atomic E-state index is 15.1. The van der Waals surface area contributed by atoms with Crippen LogP contribution in [-0.2, 0) is 11.3 Å². The van der Waals surface area contributed by atoms with Gasteiger partial charge in [-0.2, -0.15) is 5.21 Å². The van der Waals surface area contributed by atoms with E-state index >= 15 is 4.39 Å². The molecular weight excluding hydrogens is 628 g/mol. The summed E-state index contributed by atoms with van der Waals surface area (Å²) in [4.78, 5) is 34.7. The number of hydrogen-bond donors (Lipinski definition) is 2. The van der Waals surface area contributed by atoms with Gasteiger partial charge in [0.15, 0.2) is 5.82 Å².